The molecule has 0 aliphatic carbocycles. The molecule has 0 bridgehead atoms. The topological polar surface area (TPSA) is 114 Å². The van der Waals surface area contributed by atoms with Crippen molar-refractivity contribution in [3.63, 3.8) is 0 Å². The van der Waals surface area contributed by atoms with E-state index in [1.54, 1.807) is 0 Å². The number of hydrogen-bond donors (Lipinski definition) is 0. The first-order valence-corrected chi connectivity index (χ1v) is 0. The van der Waals surface area contributed by atoms with Gasteiger partial charge in [-0.05, 0) is 0 Å². The number of rotatable bonds is 0. The van der Waals surface area contributed by atoms with Crippen molar-refractivity contribution in [2.75, 3.05) is 0 Å². The summed E-state index contributed by atoms with van der Waals surface area (Å²) in [7, 11) is 0. The zero-order chi connectivity index (χ0) is 0. The molecule has 0 aliphatic heterocycles. The van der Waals surface area contributed by atoms with Crippen molar-refractivity contribution in [2.45, 2.75) is 0 Å². The van der Waals surface area contributed by atoms with Crippen LogP contribution in [0.4, 0.5) is 0 Å². The Balaban J connectivity index is 0. The Bertz CT molecular complexity index is 11.7. The fourth-order valence-corrected chi connectivity index (χ4v) is 0. The first kappa shape index (κ1) is 127. The van der Waals surface area contributed by atoms with Crippen molar-refractivity contribution in [3.8, 4) is 0 Å². The predicted octanol–water partition coefficient (Wildman–Crippen LogP) is -0.480. The normalized spacial score (nSPS) is 0. The molecular formula is FeLaO4Pd. The van der Waals surface area contributed by atoms with Crippen LogP contribution in [-0.2, 0) is 59.4 Å². The maximum absolute atomic E-state index is 0. The van der Waals surface area contributed by atoms with Gasteiger partial charge in [0.05, 0.1) is 0 Å². The zero-order valence-corrected chi connectivity index (χ0v) is 9.16. The van der Waals surface area contributed by atoms with Crippen molar-refractivity contribution in [2.24, 2.45) is 0 Å². The van der Waals surface area contributed by atoms with Crippen LogP contribution in [0.1, 0.15) is 0 Å². The molecule has 0 heterocycles. The minimum absolute atomic E-state index is 0. The van der Waals surface area contributed by atoms with Crippen LogP contribution in [0.25, 0.3) is 0 Å². The predicted molar refractivity (Wildman–Crippen MR) is 2.75 cm³/mol. The molecule has 0 aromatic heterocycles. The smallest absolute Gasteiger partial charge is 2.00 e. The fourth-order valence-electron chi connectivity index (χ4n) is 0. The van der Waals surface area contributed by atoms with Crippen molar-refractivity contribution in [1.82, 2.24) is 0 Å². The molecule has 4 nitrogen and oxygen atoms in total. The largest absolute Gasteiger partial charge is 3.00 e. The molecule has 1 radical (unpaired) electrons. The van der Waals surface area contributed by atoms with E-state index in [0.29, 0.717) is 0 Å². The van der Waals surface area contributed by atoms with Gasteiger partial charge in [0.2, 0.25) is 0 Å². The fraction of sp³-hybridized carbons (Fsp3) is 0. The molecule has 0 spiro atoms. The van der Waals surface area contributed by atoms with E-state index >= 15 is 0 Å². The van der Waals surface area contributed by atoms with E-state index in [0.717, 1.165) is 0 Å². The van der Waals surface area contributed by atoms with Gasteiger partial charge in [0.25, 0.3) is 0 Å². The maximum atomic E-state index is 0. The van der Waals surface area contributed by atoms with Gasteiger partial charge >= 0.3 is 73.1 Å². The molecule has 0 fully saturated rings. The summed E-state index contributed by atoms with van der Waals surface area (Å²) < 4.78 is 0. The van der Waals surface area contributed by atoms with Gasteiger partial charge in [0, 0.05) is 0 Å². The summed E-state index contributed by atoms with van der Waals surface area (Å²) in [6, 6.07) is 0. The van der Waals surface area contributed by atoms with Crippen molar-refractivity contribution in [3.05, 3.63) is 0 Å². The van der Waals surface area contributed by atoms with Crippen LogP contribution in [0.5, 0.6) is 0 Å². The summed E-state index contributed by atoms with van der Waals surface area (Å²) in [5.74, 6) is 0. The van der Waals surface area contributed by atoms with Crippen molar-refractivity contribution >= 4 is 0 Å². The molecule has 0 amide bonds. The van der Waals surface area contributed by atoms with E-state index in [-0.39, 0.29) is 95.0 Å². The van der Waals surface area contributed by atoms with Crippen LogP contribution in [0.3, 0.4) is 0 Å². The molecule has 0 aliphatic rings. The van der Waals surface area contributed by atoms with Crippen LogP contribution < -0.4 is 0 Å². The second-order valence-corrected chi connectivity index (χ2v) is 0. The molecule has 0 aromatic carbocycles. The van der Waals surface area contributed by atoms with Crippen LogP contribution in [0, 0.1) is 35.6 Å². The number of hydrogen-bond acceptors (Lipinski definition) is 0. The summed E-state index contributed by atoms with van der Waals surface area (Å²) in [6.45, 7) is 0. The van der Waals surface area contributed by atoms with Crippen LogP contribution in [0.2, 0.25) is 0 Å². The molecule has 0 N–H and O–H groups in total. The Kier molecular flexibility index (Phi) is 1580. The monoisotopic (exact) mass is 365 g/mol. The van der Waals surface area contributed by atoms with E-state index in [2.05, 4.69) is 0 Å². The van der Waals surface area contributed by atoms with Crippen LogP contribution in [-0.4, -0.2) is 0 Å². The second-order valence-electron chi connectivity index (χ2n) is 0. The Labute approximate surface area is 93.8 Å². The Morgan fingerprint density at radius 2 is 0.571 bits per heavy atom. The van der Waals surface area contributed by atoms with E-state index in [9.17, 15) is 0 Å². The summed E-state index contributed by atoms with van der Waals surface area (Å²) in [5, 5.41) is 0. The van der Waals surface area contributed by atoms with E-state index in [4.69, 9.17) is 0 Å². The summed E-state index contributed by atoms with van der Waals surface area (Å²) in [5.41, 5.74) is 0. The SMILES string of the molecule is [Fe+3].[La+3].[O-2].[O-2].[O-2].[O-2].[Pd+2]. The van der Waals surface area contributed by atoms with Gasteiger partial charge < -0.3 is 21.9 Å². The first-order valence-electron chi connectivity index (χ1n) is 0. The molecule has 0 unspecified atom stereocenters. The molecule has 7 heavy (non-hydrogen) atoms. The second kappa shape index (κ2) is 87.1. The van der Waals surface area contributed by atoms with Gasteiger partial charge in [-0.3, -0.25) is 0 Å². The van der Waals surface area contributed by atoms with Gasteiger partial charge in [-0.25, -0.2) is 0 Å². The summed E-state index contributed by atoms with van der Waals surface area (Å²) >= 11 is 0. The van der Waals surface area contributed by atoms with Gasteiger partial charge in [0.1, 0.15) is 0 Å². The molecule has 7 heteroatoms. The third-order valence-corrected chi connectivity index (χ3v) is 0. The maximum Gasteiger partial charge on any atom is 3.00 e. The molecule has 0 saturated heterocycles. The Morgan fingerprint density at radius 3 is 0.571 bits per heavy atom. The van der Waals surface area contributed by atoms with Gasteiger partial charge in [-0.15, -0.1) is 0 Å². The molecule has 45 valence electrons. The standard InChI is InChI=1S/Fe.La.4O.Pd/q2*+3;4*-2;+2. The molecule has 0 saturated carbocycles. The average molecular weight is 365 g/mol. The van der Waals surface area contributed by atoms with Gasteiger partial charge in [0.15, 0.2) is 0 Å². The first-order chi connectivity index (χ1) is 0. The quantitative estimate of drug-likeness (QED) is 0.516. The minimum Gasteiger partial charge on any atom is -2.00 e. The molecule has 0 atom stereocenters. The third-order valence-electron chi connectivity index (χ3n) is 0. The van der Waals surface area contributed by atoms with Crippen molar-refractivity contribution in [1.29, 1.82) is 0 Å². The third kappa shape index (κ3) is 64.6. The zero-order valence-electron chi connectivity index (χ0n) is 2.88. The van der Waals surface area contributed by atoms with Gasteiger partial charge in [-0.2, -0.15) is 0 Å². The molecular weight excluding hydrogens is 365 g/mol. The molecule has 0 aromatic rings. The minimum atomic E-state index is 0. The van der Waals surface area contributed by atoms with E-state index in [1.807, 2.05) is 0 Å². The van der Waals surface area contributed by atoms with Crippen LogP contribution in [0.15, 0.2) is 0 Å². The van der Waals surface area contributed by atoms with Crippen LogP contribution >= 0.6 is 0 Å². The Morgan fingerprint density at radius 1 is 0.571 bits per heavy atom. The van der Waals surface area contributed by atoms with Crippen molar-refractivity contribution < 1.29 is 95.0 Å². The summed E-state index contributed by atoms with van der Waals surface area (Å²) in [4.78, 5) is 0. The molecule has 0 rings (SSSR count). The van der Waals surface area contributed by atoms with Gasteiger partial charge in [-0.1, -0.05) is 0 Å². The van der Waals surface area contributed by atoms with E-state index in [1.165, 1.54) is 0 Å². The summed E-state index contributed by atoms with van der Waals surface area (Å²) in [6.07, 6.45) is 0. The van der Waals surface area contributed by atoms with E-state index < -0.39 is 0 Å². The Hall–Kier alpha value is 2.22. The average Bonchev–Trinajstić information content (AvgIpc) is 0.